The molecule has 4 rings (SSSR count). The van der Waals surface area contributed by atoms with Crippen molar-refractivity contribution in [2.45, 2.75) is 20.8 Å². The summed E-state index contributed by atoms with van der Waals surface area (Å²) in [5.41, 5.74) is 6.05. The summed E-state index contributed by atoms with van der Waals surface area (Å²) in [6, 6.07) is 17.7. The second kappa shape index (κ2) is 7.93. The van der Waals surface area contributed by atoms with Crippen LogP contribution < -0.4 is 5.32 Å². The predicted octanol–water partition coefficient (Wildman–Crippen LogP) is 5.95. The molecule has 0 atom stereocenters. The van der Waals surface area contributed by atoms with Gasteiger partial charge in [0.05, 0.1) is 10.6 Å². The number of hydrogen-bond acceptors (Lipinski definition) is 3. The van der Waals surface area contributed by atoms with Gasteiger partial charge < -0.3 is 9.88 Å². The fourth-order valence-electron chi connectivity index (χ4n) is 3.37. The van der Waals surface area contributed by atoms with Gasteiger partial charge in [0.25, 0.3) is 5.91 Å². The number of amides is 1. The Morgan fingerprint density at radius 1 is 1.07 bits per heavy atom. The summed E-state index contributed by atoms with van der Waals surface area (Å²) in [4.78, 5) is 17.7. The van der Waals surface area contributed by atoms with Gasteiger partial charge in [0.2, 0.25) is 0 Å². The Morgan fingerprint density at radius 3 is 2.62 bits per heavy atom. The maximum atomic E-state index is 12.5. The molecule has 0 saturated carbocycles. The molecule has 0 bridgehead atoms. The standard InChI is InChI=1S/C23H20ClN3OS/c1-14-7-4-5-10-20(14)25-23-26-22(28)21(29-23)12-17-11-15(2)27(16(17)3)19-9-6-8-18(24)13-19/h4-13H,1-3H3,(H,25,26,28)/b21-12-. The number of aliphatic imine (C=N–C) groups is 1. The van der Waals surface area contributed by atoms with Crippen LogP contribution in [0.25, 0.3) is 11.8 Å². The van der Waals surface area contributed by atoms with Crippen molar-refractivity contribution in [3.05, 3.63) is 87.0 Å². The van der Waals surface area contributed by atoms with E-state index in [0.717, 1.165) is 33.9 Å². The maximum absolute atomic E-state index is 12.5. The van der Waals surface area contributed by atoms with Crippen molar-refractivity contribution in [2.75, 3.05) is 0 Å². The zero-order chi connectivity index (χ0) is 20.5. The molecule has 29 heavy (non-hydrogen) atoms. The number of amidine groups is 1. The van der Waals surface area contributed by atoms with Crippen LogP contribution in [0.5, 0.6) is 0 Å². The first-order valence-corrected chi connectivity index (χ1v) is 10.4. The van der Waals surface area contributed by atoms with E-state index in [1.54, 1.807) is 0 Å². The highest BCUT2D eigenvalue weighted by molar-refractivity contribution is 8.18. The molecule has 0 radical (unpaired) electrons. The van der Waals surface area contributed by atoms with Gasteiger partial charge in [0.15, 0.2) is 5.17 Å². The minimum absolute atomic E-state index is 0.130. The average Bonchev–Trinajstić information content (AvgIpc) is 3.16. The lowest BCUT2D eigenvalue weighted by Crippen LogP contribution is -2.19. The van der Waals surface area contributed by atoms with Crippen LogP contribution >= 0.6 is 23.4 Å². The molecule has 1 saturated heterocycles. The van der Waals surface area contributed by atoms with Crippen LogP contribution in [0.15, 0.2) is 64.5 Å². The summed E-state index contributed by atoms with van der Waals surface area (Å²) in [7, 11) is 0. The summed E-state index contributed by atoms with van der Waals surface area (Å²) < 4.78 is 2.14. The average molecular weight is 422 g/mol. The number of benzene rings is 2. The van der Waals surface area contributed by atoms with Gasteiger partial charge >= 0.3 is 0 Å². The summed E-state index contributed by atoms with van der Waals surface area (Å²) in [6.45, 7) is 6.09. The highest BCUT2D eigenvalue weighted by Crippen LogP contribution is 2.31. The number of halogens is 1. The van der Waals surface area contributed by atoms with Crippen LogP contribution in [0, 0.1) is 20.8 Å². The molecule has 1 aliphatic heterocycles. The fourth-order valence-corrected chi connectivity index (χ4v) is 4.38. The number of carbonyl (C=O) groups is 1. The van der Waals surface area contributed by atoms with Gasteiger partial charge in [-0.3, -0.25) is 4.79 Å². The van der Waals surface area contributed by atoms with E-state index in [1.807, 2.05) is 75.4 Å². The first kappa shape index (κ1) is 19.6. The van der Waals surface area contributed by atoms with Gasteiger partial charge in [-0.15, -0.1) is 0 Å². The molecule has 0 aliphatic carbocycles. The summed E-state index contributed by atoms with van der Waals surface area (Å²) in [6.07, 6.45) is 1.92. The predicted molar refractivity (Wildman–Crippen MR) is 122 cm³/mol. The second-order valence-corrected chi connectivity index (χ2v) is 8.38. The molecule has 1 aliphatic rings. The number of carbonyl (C=O) groups excluding carboxylic acids is 1. The third kappa shape index (κ3) is 4.02. The Hall–Kier alpha value is -2.76. The third-order valence-corrected chi connectivity index (χ3v) is 5.96. The Kier molecular flexibility index (Phi) is 5.35. The summed E-state index contributed by atoms with van der Waals surface area (Å²) >= 11 is 7.52. The van der Waals surface area contributed by atoms with Crippen LogP contribution in [-0.4, -0.2) is 15.6 Å². The second-order valence-electron chi connectivity index (χ2n) is 6.91. The van der Waals surface area contributed by atoms with E-state index in [1.165, 1.54) is 11.8 Å². The lowest BCUT2D eigenvalue weighted by molar-refractivity contribution is -0.115. The zero-order valence-electron chi connectivity index (χ0n) is 16.4. The van der Waals surface area contributed by atoms with Crippen molar-refractivity contribution < 1.29 is 4.79 Å². The number of nitrogens with one attached hydrogen (secondary N) is 1. The van der Waals surface area contributed by atoms with Crippen LogP contribution in [0.3, 0.4) is 0 Å². The van der Waals surface area contributed by atoms with Gasteiger partial charge in [-0.2, -0.15) is 0 Å². The number of hydrogen-bond donors (Lipinski definition) is 1. The van der Waals surface area contributed by atoms with Crippen molar-refractivity contribution in [2.24, 2.45) is 4.99 Å². The fraction of sp³-hybridized carbons (Fsp3) is 0.130. The van der Waals surface area contributed by atoms with Gasteiger partial charge in [-0.05, 0) is 80.1 Å². The molecule has 1 amide bonds. The minimum atomic E-state index is -0.130. The number of aryl methyl sites for hydroxylation is 2. The Bertz CT molecular complexity index is 1180. The topological polar surface area (TPSA) is 46.4 Å². The van der Waals surface area contributed by atoms with E-state index in [-0.39, 0.29) is 5.91 Å². The molecule has 3 aromatic rings. The smallest absolute Gasteiger partial charge is 0.264 e. The molecule has 0 spiro atoms. The minimum Gasteiger partial charge on any atom is -0.318 e. The molecular formula is C23H20ClN3OS. The lowest BCUT2D eigenvalue weighted by Gasteiger charge is -2.09. The summed E-state index contributed by atoms with van der Waals surface area (Å²) in [5, 5.41) is 4.15. The maximum Gasteiger partial charge on any atom is 0.264 e. The number of thioether (sulfide) groups is 1. The van der Waals surface area contributed by atoms with E-state index in [2.05, 4.69) is 20.9 Å². The molecule has 2 aromatic carbocycles. The number of rotatable bonds is 3. The first-order valence-electron chi connectivity index (χ1n) is 9.22. The van der Waals surface area contributed by atoms with Crippen LogP contribution in [0.1, 0.15) is 22.5 Å². The molecule has 1 aromatic heterocycles. The van der Waals surface area contributed by atoms with Crippen molar-refractivity contribution >= 4 is 46.2 Å². The van der Waals surface area contributed by atoms with Crippen molar-refractivity contribution in [3.8, 4) is 5.69 Å². The van der Waals surface area contributed by atoms with E-state index >= 15 is 0 Å². The van der Waals surface area contributed by atoms with Crippen LogP contribution in [0.4, 0.5) is 5.69 Å². The van der Waals surface area contributed by atoms with Gasteiger partial charge in [-0.25, -0.2) is 4.99 Å². The Balaban J connectivity index is 1.66. The van der Waals surface area contributed by atoms with Crippen molar-refractivity contribution in [1.29, 1.82) is 0 Å². The van der Waals surface area contributed by atoms with Crippen LogP contribution in [-0.2, 0) is 4.79 Å². The van der Waals surface area contributed by atoms with Gasteiger partial charge in [-0.1, -0.05) is 35.9 Å². The van der Waals surface area contributed by atoms with E-state index in [9.17, 15) is 4.79 Å². The molecule has 1 fully saturated rings. The monoisotopic (exact) mass is 421 g/mol. The summed E-state index contributed by atoms with van der Waals surface area (Å²) in [5.74, 6) is -0.130. The van der Waals surface area contributed by atoms with E-state index in [4.69, 9.17) is 11.6 Å². The van der Waals surface area contributed by atoms with Crippen molar-refractivity contribution in [3.63, 3.8) is 0 Å². The molecule has 6 heteroatoms. The van der Waals surface area contributed by atoms with E-state index in [0.29, 0.717) is 15.1 Å². The van der Waals surface area contributed by atoms with Crippen molar-refractivity contribution in [1.82, 2.24) is 9.88 Å². The molecular weight excluding hydrogens is 402 g/mol. The zero-order valence-corrected chi connectivity index (χ0v) is 17.9. The number of aromatic nitrogens is 1. The highest BCUT2D eigenvalue weighted by atomic mass is 35.5. The normalized spacial score (nSPS) is 16.6. The molecule has 4 nitrogen and oxygen atoms in total. The Morgan fingerprint density at radius 2 is 1.86 bits per heavy atom. The van der Waals surface area contributed by atoms with Gasteiger partial charge in [0.1, 0.15) is 0 Å². The third-order valence-electron chi connectivity index (χ3n) is 4.81. The largest absolute Gasteiger partial charge is 0.318 e. The molecule has 1 N–H and O–H groups in total. The van der Waals surface area contributed by atoms with E-state index < -0.39 is 0 Å². The molecule has 0 unspecified atom stereocenters. The van der Waals surface area contributed by atoms with Crippen LogP contribution in [0.2, 0.25) is 5.02 Å². The molecule has 2 heterocycles. The lowest BCUT2D eigenvalue weighted by atomic mass is 10.2. The quantitative estimate of drug-likeness (QED) is 0.531. The SMILES string of the molecule is Cc1ccccc1N=C1NC(=O)/C(=C/c2cc(C)n(-c3cccc(Cl)c3)c2C)S1. The Labute approximate surface area is 179 Å². The van der Waals surface area contributed by atoms with Gasteiger partial charge in [0, 0.05) is 22.1 Å². The molecule has 146 valence electrons. The first-order chi connectivity index (χ1) is 13.9. The number of nitrogens with zero attached hydrogens (tertiary/aromatic N) is 2. The highest BCUT2D eigenvalue weighted by Gasteiger charge is 2.24. The number of para-hydroxylation sites is 1.